The summed E-state index contributed by atoms with van der Waals surface area (Å²) in [4.78, 5) is 0. The summed E-state index contributed by atoms with van der Waals surface area (Å²) in [6, 6.07) is 0. The minimum atomic E-state index is -8.36. The number of halogens is 14. The van der Waals surface area contributed by atoms with Crippen molar-refractivity contribution in [3.8, 4) is 0 Å². The van der Waals surface area contributed by atoms with Gasteiger partial charge in [-0.15, -0.1) is 0 Å². The lowest BCUT2D eigenvalue weighted by Gasteiger charge is -2.40. The highest BCUT2D eigenvalue weighted by atomic mass is 32.2. The molecule has 0 rings (SSSR count). The highest BCUT2D eigenvalue weighted by molar-refractivity contribution is 7.87. The zero-order valence-electron chi connectivity index (χ0n) is 10.5. The van der Waals surface area contributed by atoms with Gasteiger partial charge in [-0.2, -0.15) is 61.1 Å². The van der Waals surface area contributed by atoms with E-state index in [4.69, 9.17) is 4.55 Å². The van der Waals surface area contributed by atoms with Gasteiger partial charge < -0.3 is 0 Å². The van der Waals surface area contributed by atoms with Crippen molar-refractivity contribution in [1.29, 1.82) is 0 Å². The second-order valence-corrected chi connectivity index (χ2v) is 5.68. The van der Waals surface area contributed by atoms with Crippen molar-refractivity contribution >= 4 is 10.1 Å². The van der Waals surface area contributed by atoms with Crippen molar-refractivity contribution < 1.29 is 74.4 Å². The molecule has 0 atom stereocenters. The first-order valence-corrected chi connectivity index (χ1v) is 6.40. The van der Waals surface area contributed by atoms with Gasteiger partial charge in [-0.25, -0.2) is 8.78 Å². The van der Waals surface area contributed by atoms with Gasteiger partial charge >= 0.3 is 51.4 Å². The fraction of sp³-hybridized carbons (Fsp3) is 1.00. The maximum Gasteiger partial charge on any atom is 0.438 e. The summed E-state index contributed by atoms with van der Waals surface area (Å²) in [5, 5.41) is -7.59. The Hall–Kier alpha value is -1.07. The molecule has 0 aromatic heterocycles. The Labute approximate surface area is 127 Å². The molecule has 152 valence electrons. The van der Waals surface area contributed by atoms with E-state index in [1.165, 1.54) is 0 Å². The van der Waals surface area contributed by atoms with E-state index < -0.39 is 51.4 Å². The first-order chi connectivity index (χ1) is 10.4. The van der Waals surface area contributed by atoms with Gasteiger partial charge in [0.05, 0.1) is 0 Å². The lowest BCUT2D eigenvalue weighted by atomic mass is 9.94. The first kappa shape index (κ1) is 23.9. The van der Waals surface area contributed by atoms with Gasteiger partial charge in [0.2, 0.25) is 0 Å². The fourth-order valence-corrected chi connectivity index (χ4v) is 1.54. The molecule has 25 heavy (non-hydrogen) atoms. The van der Waals surface area contributed by atoms with E-state index in [0.29, 0.717) is 0 Å². The van der Waals surface area contributed by atoms with Gasteiger partial charge in [0.15, 0.2) is 0 Å². The van der Waals surface area contributed by atoms with Crippen LogP contribution >= 0.6 is 0 Å². The highest BCUT2D eigenvalue weighted by Gasteiger charge is 2.92. The fourth-order valence-electron chi connectivity index (χ4n) is 1.09. The molecule has 0 aliphatic rings. The molecule has 0 aromatic carbocycles. The first-order valence-electron chi connectivity index (χ1n) is 4.96. The lowest BCUT2D eigenvalue weighted by molar-refractivity contribution is -0.425. The molecule has 0 unspecified atom stereocenters. The van der Waals surface area contributed by atoms with Gasteiger partial charge in [0.1, 0.15) is 0 Å². The zero-order valence-corrected chi connectivity index (χ0v) is 11.4. The van der Waals surface area contributed by atoms with E-state index in [-0.39, 0.29) is 0 Å². The Kier molecular flexibility index (Phi) is 5.47. The van der Waals surface area contributed by atoms with Crippen LogP contribution in [0.15, 0.2) is 0 Å². The molecule has 0 heterocycles. The molecule has 0 radical (unpaired) electrons. The van der Waals surface area contributed by atoms with Crippen LogP contribution in [0.2, 0.25) is 0 Å². The number of hydrogen-bond donors (Lipinski definition) is 1. The Balaban J connectivity index is 6.60. The second-order valence-electron chi connectivity index (χ2n) is 4.21. The maximum atomic E-state index is 12.9. The van der Waals surface area contributed by atoms with E-state index in [1.807, 2.05) is 0 Å². The Morgan fingerprint density at radius 3 is 1.12 bits per heavy atom. The van der Waals surface area contributed by atoms with E-state index in [9.17, 15) is 69.9 Å². The van der Waals surface area contributed by atoms with Crippen molar-refractivity contribution in [2.24, 2.45) is 0 Å². The van der Waals surface area contributed by atoms with Crippen LogP contribution in [0.25, 0.3) is 0 Å². The topological polar surface area (TPSA) is 54.4 Å². The number of alkyl halides is 14. The summed E-state index contributed by atoms with van der Waals surface area (Å²) < 4.78 is 203. The monoisotopic (exact) mass is 432 g/mol. The summed E-state index contributed by atoms with van der Waals surface area (Å²) in [5.41, 5.74) is 0. The van der Waals surface area contributed by atoms with Crippen LogP contribution in [-0.2, 0) is 10.1 Å². The van der Waals surface area contributed by atoms with E-state index in [2.05, 4.69) is 0 Å². The van der Waals surface area contributed by atoms with Gasteiger partial charge in [-0.3, -0.25) is 4.55 Å². The van der Waals surface area contributed by atoms with E-state index >= 15 is 0 Å². The number of rotatable bonds is 7. The van der Waals surface area contributed by atoms with E-state index in [0.717, 1.165) is 0 Å². The molecule has 0 aliphatic heterocycles. The molecule has 0 saturated heterocycles. The molecule has 18 heteroatoms. The molecule has 3 nitrogen and oxygen atoms in total. The predicted molar refractivity (Wildman–Crippen MR) is 47.2 cm³/mol. The third-order valence-electron chi connectivity index (χ3n) is 2.57. The summed E-state index contributed by atoms with van der Waals surface area (Å²) in [6.07, 6.45) is -5.85. The molecule has 0 aliphatic carbocycles. The third-order valence-corrected chi connectivity index (χ3v) is 3.47. The van der Waals surface area contributed by atoms with Crippen LogP contribution in [0.4, 0.5) is 61.5 Å². The lowest BCUT2D eigenvalue weighted by Crippen LogP contribution is -2.72. The normalized spacial score (nSPS) is 16.5. The Bertz CT molecular complexity index is 608. The molecule has 1 N–H and O–H groups in total. The number of hydrogen-bond acceptors (Lipinski definition) is 2. The zero-order chi connectivity index (χ0) is 21.1. The smallest absolute Gasteiger partial charge is 0.281 e. The van der Waals surface area contributed by atoms with Gasteiger partial charge in [0.25, 0.3) is 0 Å². The molecule has 0 aromatic rings. The van der Waals surface area contributed by atoms with Crippen molar-refractivity contribution in [1.82, 2.24) is 0 Å². The Morgan fingerprint density at radius 1 is 0.600 bits per heavy atom. The molecule has 0 fully saturated rings. The maximum absolute atomic E-state index is 12.9. The predicted octanol–water partition coefficient (Wildman–Crippen LogP) is 3.91. The average molecular weight is 432 g/mol. The molecular formula is C7H2F14O3S. The van der Waals surface area contributed by atoms with Gasteiger partial charge in [0, 0.05) is 0 Å². The SMILES string of the molecule is O=S(=O)(O)C(F)(F)C(F)(F)C(F)(F)C(F)(F)C(F)(F)C(F)(F)C(F)F. The third kappa shape index (κ3) is 2.89. The van der Waals surface area contributed by atoms with Crippen molar-refractivity contribution in [3.05, 3.63) is 0 Å². The average Bonchev–Trinajstić information content (AvgIpc) is 2.35. The summed E-state index contributed by atoms with van der Waals surface area (Å²) in [7, 11) is -7.68. The van der Waals surface area contributed by atoms with E-state index in [1.54, 1.807) is 0 Å². The van der Waals surface area contributed by atoms with Crippen molar-refractivity contribution in [2.45, 2.75) is 41.3 Å². The second kappa shape index (κ2) is 5.71. The largest absolute Gasteiger partial charge is 0.438 e. The Morgan fingerprint density at radius 2 is 0.880 bits per heavy atom. The molecule has 0 spiro atoms. The molecular weight excluding hydrogens is 430 g/mol. The van der Waals surface area contributed by atoms with Crippen LogP contribution in [-0.4, -0.2) is 54.3 Å². The summed E-state index contributed by atoms with van der Waals surface area (Å²) in [5.74, 6) is -40.3. The van der Waals surface area contributed by atoms with Gasteiger partial charge in [-0.05, 0) is 0 Å². The summed E-state index contributed by atoms with van der Waals surface area (Å²) >= 11 is 0. The minimum absolute atomic E-state index is 5.85. The molecule has 0 bridgehead atoms. The highest BCUT2D eigenvalue weighted by Crippen LogP contribution is 2.61. The summed E-state index contributed by atoms with van der Waals surface area (Å²) in [6.45, 7) is 0. The standard InChI is InChI=1S/C7H2F14O3S/c8-1(9)2(10,11)3(12,13)4(14,15)5(16,17)6(18,19)7(20,21)25(22,23)24/h1H,(H,22,23,24). The molecule has 0 amide bonds. The quantitative estimate of drug-likeness (QED) is 0.491. The van der Waals surface area contributed by atoms with Gasteiger partial charge in [-0.1, -0.05) is 0 Å². The molecule has 0 saturated carbocycles. The van der Waals surface area contributed by atoms with Crippen molar-refractivity contribution in [2.75, 3.05) is 0 Å². The van der Waals surface area contributed by atoms with Crippen LogP contribution in [0.3, 0.4) is 0 Å². The minimum Gasteiger partial charge on any atom is -0.281 e. The van der Waals surface area contributed by atoms with Crippen molar-refractivity contribution in [3.63, 3.8) is 0 Å². The van der Waals surface area contributed by atoms with Crippen LogP contribution in [0.5, 0.6) is 0 Å². The van der Waals surface area contributed by atoms with Crippen LogP contribution < -0.4 is 0 Å². The van der Waals surface area contributed by atoms with Crippen LogP contribution in [0.1, 0.15) is 0 Å². The van der Waals surface area contributed by atoms with Crippen LogP contribution in [0, 0.1) is 0 Å².